The van der Waals surface area contributed by atoms with Gasteiger partial charge >= 0.3 is 0 Å². The van der Waals surface area contributed by atoms with Crippen molar-refractivity contribution in [2.24, 2.45) is 0 Å². The Labute approximate surface area is 195 Å². The summed E-state index contributed by atoms with van der Waals surface area (Å²) in [4.78, 5) is 14.9. The third kappa shape index (κ3) is 3.39. The number of aliphatic hydroxyl groups is 2. The van der Waals surface area contributed by atoms with E-state index in [1.54, 1.807) is 24.3 Å². The summed E-state index contributed by atoms with van der Waals surface area (Å²) in [5, 5.41) is 29.2. The number of carbonyl (C=O) groups is 1. The fourth-order valence-corrected chi connectivity index (χ4v) is 4.81. The number of hydrogen-bond donors (Lipinski definition) is 2. The molecule has 5 rings (SSSR count). The molecule has 3 aromatic rings. The Kier molecular flexibility index (Phi) is 5.00. The minimum Gasteiger partial charge on any atom is -0.479 e. The molecule has 2 N–H and O–H groups in total. The number of aromatic nitrogens is 1. The lowest BCUT2D eigenvalue weighted by Crippen LogP contribution is -2.50. The Morgan fingerprint density at radius 3 is 2.52 bits per heavy atom. The van der Waals surface area contributed by atoms with E-state index in [0.717, 1.165) is 17.1 Å². The van der Waals surface area contributed by atoms with Crippen LogP contribution in [0.25, 0.3) is 5.69 Å². The average Bonchev–Trinajstić information content (AvgIpc) is 3.30. The number of fused-ring (bicyclic) bond motifs is 4. The van der Waals surface area contributed by atoms with Gasteiger partial charge < -0.3 is 19.8 Å². The molecule has 1 atom stereocenters. The lowest BCUT2D eigenvalue weighted by molar-refractivity contribution is -0.00946. The fraction of sp³-hybridized carbons (Fsp3) is 0.308. The molecule has 0 saturated carbocycles. The number of para-hydroxylation sites is 2. The molecule has 1 amide bonds. The van der Waals surface area contributed by atoms with Crippen LogP contribution in [0.15, 0.2) is 60.7 Å². The first-order chi connectivity index (χ1) is 15.9. The quantitative estimate of drug-likeness (QED) is 0.640. The molecular weight excluding hydrogens is 418 g/mol. The lowest BCUT2D eigenvalue weighted by atomic mass is 9.86. The molecule has 33 heavy (non-hydrogen) atoms. The number of piperidine rings is 1. The van der Waals surface area contributed by atoms with Crippen LogP contribution in [0.2, 0.25) is 0 Å². The fourth-order valence-electron chi connectivity index (χ4n) is 4.81. The van der Waals surface area contributed by atoms with Crippen molar-refractivity contribution in [2.45, 2.75) is 31.0 Å². The summed E-state index contributed by atoms with van der Waals surface area (Å²) >= 11 is 0. The van der Waals surface area contributed by atoms with E-state index < -0.39 is 17.8 Å². The highest BCUT2D eigenvalue weighted by atomic mass is 16.5. The van der Waals surface area contributed by atoms with Crippen LogP contribution >= 0.6 is 0 Å². The molecule has 0 unspecified atom stereocenters. The van der Waals surface area contributed by atoms with Crippen LogP contribution in [0.5, 0.6) is 5.75 Å². The SMILES string of the molecule is C[C@](O)(CO)c1ccc(C(=O)N2CCC3(CC2)Oc2ccccc2-n2c(C#N)ccc23)cc1.[HH].[HH]. The summed E-state index contributed by atoms with van der Waals surface area (Å²) in [6.45, 7) is 2.17. The molecule has 3 heterocycles. The third-order valence-corrected chi connectivity index (χ3v) is 6.79. The van der Waals surface area contributed by atoms with E-state index in [-0.39, 0.29) is 8.76 Å². The third-order valence-electron chi connectivity index (χ3n) is 6.79. The van der Waals surface area contributed by atoms with Gasteiger partial charge in [0.2, 0.25) is 0 Å². The van der Waals surface area contributed by atoms with E-state index in [0.29, 0.717) is 42.8 Å². The number of nitrogens with zero attached hydrogens (tertiary/aromatic N) is 3. The van der Waals surface area contributed by atoms with E-state index in [2.05, 4.69) is 6.07 Å². The standard InChI is InChI=1S/C26H25N3O4.2H2/c1-25(32,17-30)19-8-6-18(7-9-19)24(31)28-14-12-26(13-15-28)23-11-10-20(16-27)29(23)21-4-2-3-5-22(21)33-26;;/h2-11,30,32H,12-15,17H2,1H3;2*1H/t25-;;/m0../s1. The number of likely N-dealkylation sites (tertiary alicyclic amines) is 1. The lowest BCUT2D eigenvalue weighted by Gasteiger charge is -2.45. The van der Waals surface area contributed by atoms with Crippen molar-refractivity contribution < 1.29 is 22.6 Å². The molecule has 0 bridgehead atoms. The van der Waals surface area contributed by atoms with Gasteiger partial charge in [-0.25, -0.2) is 0 Å². The maximum absolute atomic E-state index is 13.1. The van der Waals surface area contributed by atoms with Crippen LogP contribution < -0.4 is 4.74 Å². The molecule has 1 saturated heterocycles. The Morgan fingerprint density at radius 2 is 1.85 bits per heavy atom. The maximum atomic E-state index is 13.1. The van der Waals surface area contributed by atoms with Gasteiger partial charge in [-0.1, -0.05) is 24.3 Å². The smallest absolute Gasteiger partial charge is 0.253 e. The van der Waals surface area contributed by atoms with E-state index >= 15 is 0 Å². The normalized spacial score (nSPS) is 17.9. The largest absolute Gasteiger partial charge is 0.479 e. The van der Waals surface area contributed by atoms with E-state index in [1.165, 1.54) is 6.92 Å². The van der Waals surface area contributed by atoms with Crippen molar-refractivity contribution in [1.29, 1.82) is 5.26 Å². The minimum atomic E-state index is -1.34. The van der Waals surface area contributed by atoms with Gasteiger partial charge in [-0.05, 0) is 48.9 Å². The molecular formula is C26H29N3O4. The molecule has 2 aromatic carbocycles. The summed E-state index contributed by atoms with van der Waals surface area (Å²) in [5.74, 6) is 0.661. The second-order valence-corrected chi connectivity index (χ2v) is 8.92. The van der Waals surface area contributed by atoms with Crippen LogP contribution in [0.3, 0.4) is 0 Å². The average molecular weight is 448 g/mol. The molecule has 2 aliphatic heterocycles. The van der Waals surface area contributed by atoms with Crippen molar-refractivity contribution in [2.75, 3.05) is 19.7 Å². The van der Waals surface area contributed by atoms with Gasteiger partial charge in [-0.2, -0.15) is 5.26 Å². The first-order valence-corrected chi connectivity index (χ1v) is 11.0. The Morgan fingerprint density at radius 1 is 1.15 bits per heavy atom. The van der Waals surface area contributed by atoms with Gasteiger partial charge in [0.15, 0.2) is 5.60 Å². The van der Waals surface area contributed by atoms with Gasteiger partial charge in [0.25, 0.3) is 5.91 Å². The number of amides is 1. The molecule has 1 fully saturated rings. The number of benzene rings is 2. The topological polar surface area (TPSA) is 98.7 Å². The molecule has 2 aliphatic rings. The monoisotopic (exact) mass is 447 g/mol. The number of carbonyl (C=O) groups excluding carboxylic acids is 1. The Bertz CT molecular complexity index is 1260. The molecule has 172 valence electrons. The summed E-state index contributed by atoms with van der Waals surface area (Å²) < 4.78 is 8.50. The van der Waals surface area contributed by atoms with Crippen LogP contribution in [0.1, 0.15) is 49.9 Å². The van der Waals surface area contributed by atoms with Crippen molar-refractivity contribution >= 4 is 5.91 Å². The highest BCUT2D eigenvalue weighted by Gasteiger charge is 2.45. The molecule has 0 aliphatic carbocycles. The zero-order chi connectivity index (χ0) is 23.2. The Balaban J connectivity index is 0.00000171. The first-order valence-electron chi connectivity index (χ1n) is 11.0. The summed E-state index contributed by atoms with van der Waals surface area (Å²) in [7, 11) is 0. The van der Waals surface area contributed by atoms with Gasteiger partial charge in [-0.3, -0.25) is 9.36 Å². The number of nitriles is 1. The van der Waals surface area contributed by atoms with Crippen molar-refractivity contribution in [3.05, 3.63) is 83.2 Å². The summed E-state index contributed by atoms with van der Waals surface area (Å²) in [6, 6.07) is 20.5. The second-order valence-electron chi connectivity index (χ2n) is 8.92. The number of hydrogen-bond acceptors (Lipinski definition) is 5. The molecule has 0 radical (unpaired) electrons. The van der Waals surface area contributed by atoms with Crippen molar-refractivity contribution in [1.82, 2.24) is 9.47 Å². The number of rotatable bonds is 3. The van der Waals surface area contributed by atoms with Crippen molar-refractivity contribution in [3.63, 3.8) is 0 Å². The second kappa shape index (κ2) is 7.77. The summed E-state index contributed by atoms with van der Waals surface area (Å²) in [6.07, 6.45) is 1.22. The summed E-state index contributed by atoms with van der Waals surface area (Å²) in [5.41, 5.74) is 1.53. The van der Waals surface area contributed by atoms with E-state index in [4.69, 9.17) is 4.74 Å². The molecule has 7 nitrogen and oxygen atoms in total. The van der Waals surface area contributed by atoms with Gasteiger partial charge in [0.05, 0.1) is 18.0 Å². The first kappa shape index (κ1) is 21.3. The van der Waals surface area contributed by atoms with Crippen LogP contribution in [-0.4, -0.2) is 45.3 Å². The molecule has 1 aromatic heterocycles. The van der Waals surface area contributed by atoms with Crippen LogP contribution in [-0.2, 0) is 11.2 Å². The van der Waals surface area contributed by atoms with Crippen LogP contribution in [0.4, 0.5) is 0 Å². The van der Waals surface area contributed by atoms with E-state index in [9.17, 15) is 20.3 Å². The number of ether oxygens (including phenoxy) is 1. The highest BCUT2D eigenvalue weighted by molar-refractivity contribution is 5.94. The zero-order valence-electron chi connectivity index (χ0n) is 18.4. The minimum absolute atomic E-state index is 0. The van der Waals surface area contributed by atoms with Crippen LogP contribution in [0, 0.1) is 11.3 Å². The molecule has 7 heteroatoms. The number of aliphatic hydroxyl groups excluding tert-OH is 1. The maximum Gasteiger partial charge on any atom is 0.253 e. The van der Waals surface area contributed by atoms with Gasteiger partial charge in [0.1, 0.15) is 23.1 Å². The highest BCUT2D eigenvalue weighted by Crippen LogP contribution is 2.45. The Hall–Kier alpha value is -3.60. The van der Waals surface area contributed by atoms with E-state index in [1.807, 2.05) is 45.9 Å². The predicted molar refractivity (Wildman–Crippen MR) is 125 cm³/mol. The predicted octanol–water partition coefficient (Wildman–Crippen LogP) is 3.56. The van der Waals surface area contributed by atoms with Crippen molar-refractivity contribution in [3.8, 4) is 17.5 Å². The van der Waals surface area contributed by atoms with Gasteiger partial charge in [-0.15, -0.1) is 0 Å². The molecule has 1 spiro atoms. The van der Waals surface area contributed by atoms with Gasteiger partial charge in [0, 0.05) is 34.3 Å². The zero-order valence-corrected chi connectivity index (χ0v) is 18.4.